The molecule has 13 rings (SSSR count). The summed E-state index contributed by atoms with van der Waals surface area (Å²) in [6.07, 6.45) is 0. The van der Waals surface area contributed by atoms with E-state index < -0.39 is 0 Å². The van der Waals surface area contributed by atoms with Crippen LogP contribution in [-0.2, 0) is 0 Å². The fraction of sp³-hybridized carbons (Fsp3) is 0. The molecule has 0 amide bonds. The number of fused-ring (bicyclic) bond motifs is 14. The van der Waals surface area contributed by atoms with Crippen molar-refractivity contribution in [3.8, 4) is 22.3 Å². The molecule has 9 aromatic rings. The first-order valence-electron chi connectivity index (χ1n) is 16.7. The first-order valence-corrected chi connectivity index (χ1v) is 18.3. The van der Waals surface area contributed by atoms with Crippen molar-refractivity contribution in [1.82, 2.24) is 8.96 Å². The van der Waals surface area contributed by atoms with Crippen molar-refractivity contribution < 1.29 is 0 Å². The lowest BCUT2D eigenvalue weighted by atomic mass is 9.44. The van der Waals surface area contributed by atoms with E-state index in [1.165, 1.54) is 107 Å². The molecule has 4 aliphatic heterocycles. The van der Waals surface area contributed by atoms with Gasteiger partial charge < -0.3 is 8.96 Å². The molecule has 7 aromatic carbocycles. The molecule has 48 heavy (non-hydrogen) atoms. The SMILES string of the molecule is c1cc2c3c(c1)-c1cccc4c5ccccc5n(c14)B3c1cc3c(cc1S2)B1c2c(cccc2-c2cccc4c5ccccc5n1c24)S3. The third-order valence-corrected chi connectivity index (χ3v) is 13.7. The van der Waals surface area contributed by atoms with E-state index >= 15 is 0 Å². The Morgan fingerprint density at radius 3 is 1.29 bits per heavy atom. The van der Waals surface area contributed by atoms with Gasteiger partial charge in [-0.15, -0.1) is 0 Å². The zero-order valence-corrected chi connectivity index (χ0v) is 27.2. The Balaban J connectivity index is 1.14. The molecule has 6 heteroatoms. The fourth-order valence-electron chi connectivity index (χ4n) is 9.66. The normalized spacial score (nSPS) is 14.4. The summed E-state index contributed by atoms with van der Waals surface area (Å²) in [5.41, 5.74) is 16.5. The average Bonchev–Trinajstić information content (AvgIpc) is 3.65. The largest absolute Gasteiger partial charge is 0.375 e. The van der Waals surface area contributed by atoms with Crippen molar-refractivity contribution in [2.24, 2.45) is 0 Å². The summed E-state index contributed by atoms with van der Waals surface area (Å²) < 4.78 is 5.33. The topological polar surface area (TPSA) is 9.86 Å². The van der Waals surface area contributed by atoms with Crippen LogP contribution in [0.15, 0.2) is 153 Å². The lowest BCUT2D eigenvalue weighted by molar-refractivity contribution is 1.26. The summed E-state index contributed by atoms with van der Waals surface area (Å²) in [6, 6.07) is 50.8. The molecule has 0 N–H and O–H groups in total. The Morgan fingerprint density at radius 1 is 0.375 bits per heavy atom. The Labute approximate surface area is 285 Å². The van der Waals surface area contributed by atoms with Crippen molar-refractivity contribution in [2.75, 3.05) is 0 Å². The Hall–Kier alpha value is -5.03. The molecular formula is C42H22B2N2S2. The molecule has 4 aliphatic rings. The smallest absolute Gasteiger partial charge is 0.331 e. The summed E-state index contributed by atoms with van der Waals surface area (Å²) in [5.74, 6) is 0. The fourth-order valence-corrected chi connectivity index (χ4v) is 12.0. The molecule has 218 valence electrons. The molecule has 2 aromatic heterocycles. The minimum atomic E-state index is 0.120. The van der Waals surface area contributed by atoms with Gasteiger partial charge in [0.15, 0.2) is 0 Å². The molecule has 0 saturated heterocycles. The van der Waals surface area contributed by atoms with Crippen LogP contribution in [0, 0.1) is 0 Å². The Morgan fingerprint density at radius 2 is 0.792 bits per heavy atom. The second-order valence-electron chi connectivity index (χ2n) is 13.5. The van der Waals surface area contributed by atoms with Crippen LogP contribution in [0.2, 0.25) is 0 Å². The van der Waals surface area contributed by atoms with Crippen molar-refractivity contribution in [1.29, 1.82) is 0 Å². The molecule has 0 aliphatic carbocycles. The van der Waals surface area contributed by atoms with E-state index in [-0.39, 0.29) is 13.7 Å². The molecular weight excluding hydrogens is 618 g/mol. The van der Waals surface area contributed by atoms with E-state index in [1.54, 1.807) is 0 Å². The predicted octanol–water partition coefficient (Wildman–Crippen LogP) is 8.10. The Bertz CT molecular complexity index is 2790. The van der Waals surface area contributed by atoms with Crippen LogP contribution in [0.1, 0.15) is 0 Å². The van der Waals surface area contributed by atoms with Crippen LogP contribution in [0.4, 0.5) is 0 Å². The van der Waals surface area contributed by atoms with Crippen molar-refractivity contribution in [2.45, 2.75) is 19.6 Å². The summed E-state index contributed by atoms with van der Waals surface area (Å²) in [6.45, 7) is 0.240. The second-order valence-corrected chi connectivity index (χ2v) is 15.7. The van der Waals surface area contributed by atoms with Gasteiger partial charge in [0.05, 0.1) is 0 Å². The van der Waals surface area contributed by atoms with E-state index in [9.17, 15) is 0 Å². The molecule has 0 spiro atoms. The molecule has 6 heterocycles. The lowest BCUT2D eigenvalue weighted by Gasteiger charge is -2.37. The van der Waals surface area contributed by atoms with Crippen molar-refractivity contribution in [3.05, 3.63) is 133 Å². The van der Waals surface area contributed by atoms with Crippen LogP contribution in [0.25, 0.3) is 65.9 Å². The van der Waals surface area contributed by atoms with Gasteiger partial charge in [0.2, 0.25) is 0 Å². The van der Waals surface area contributed by atoms with Crippen LogP contribution < -0.4 is 21.9 Å². The van der Waals surface area contributed by atoms with Gasteiger partial charge in [-0.05, 0) is 57.2 Å². The minimum absolute atomic E-state index is 0.120. The quantitative estimate of drug-likeness (QED) is 0.155. The number of hydrogen-bond acceptors (Lipinski definition) is 2. The average molecular weight is 640 g/mol. The maximum Gasteiger partial charge on any atom is 0.331 e. The number of para-hydroxylation sites is 4. The van der Waals surface area contributed by atoms with Crippen LogP contribution >= 0.6 is 23.5 Å². The maximum absolute atomic E-state index is 2.66. The highest BCUT2D eigenvalue weighted by atomic mass is 32.2. The zero-order chi connectivity index (χ0) is 30.8. The molecule has 0 radical (unpaired) electrons. The van der Waals surface area contributed by atoms with E-state index in [0.717, 1.165) is 0 Å². The third kappa shape index (κ3) is 2.80. The predicted molar refractivity (Wildman–Crippen MR) is 205 cm³/mol. The summed E-state index contributed by atoms with van der Waals surface area (Å²) in [7, 11) is 0. The second kappa shape index (κ2) is 8.51. The summed E-state index contributed by atoms with van der Waals surface area (Å²) >= 11 is 3.93. The van der Waals surface area contributed by atoms with Crippen LogP contribution in [0.3, 0.4) is 0 Å². The summed E-state index contributed by atoms with van der Waals surface area (Å²) in [5, 5.41) is 5.36. The number of aromatic nitrogens is 2. The molecule has 2 nitrogen and oxygen atoms in total. The molecule has 0 unspecified atom stereocenters. The van der Waals surface area contributed by atoms with E-state index in [4.69, 9.17) is 0 Å². The minimum Gasteiger partial charge on any atom is -0.375 e. The van der Waals surface area contributed by atoms with E-state index in [1.807, 2.05) is 23.5 Å². The monoisotopic (exact) mass is 640 g/mol. The van der Waals surface area contributed by atoms with Gasteiger partial charge in [0, 0.05) is 74.3 Å². The molecule has 0 fully saturated rings. The van der Waals surface area contributed by atoms with Gasteiger partial charge in [0.25, 0.3) is 0 Å². The van der Waals surface area contributed by atoms with Crippen molar-refractivity contribution >= 4 is 103 Å². The van der Waals surface area contributed by atoms with Crippen LogP contribution in [-0.4, -0.2) is 22.7 Å². The van der Waals surface area contributed by atoms with Gasteiger partial charge in [-0.2, -0.15) is 0 Å². The van der Waals surface area contributed by atoms with Crippen molar-refractivity contribution in [3.63, 3.8) is 0 Å². The van der Waals surface area contributed by atoms with E-state index in [2.05, 4.69) is 142 Å². The Kier molecular flexibility index (Phi) is 4.44. The number of benzene rings is 7. The van der Waals surface area contributed by atoms with E-state index in [0.29, 0.717) is 0 Å². The van der Waals surface area contributed by atoms with Gasteiger partial charge >= 0.3 is 13.7 Å². The summed E-state index contributed by atoms with van der Waals surface area (Å²) in [4.78, 5) is 5.50. The van der Waals surface area contributed by atoms with Gasteiger partial charge in [0.1, 0.15) is 0 Å². The van der Waals surface area contributed by atoms with Gasteiger partial charge in [-0.25, -0.2) is 0 Å². The molecule has 0 atom stereocenters. The first-order chi connectivity index (χ1) is 23.8. The highest BCUT2D eigenvalue weighted by Crippen LogP contribution is 2.46. The highest BCUT2D eigenvalue weighted by molar-refractivity contribution is 8.00. The standard InChI is InChI=1S/C42H22B2N2S2/c1-3-17-33-23(9-1)27-13-5-15-29-25-11-7-19-35-39(25)43(45(33)41(27)29)31-21-38-32(22-37(31)47-35)44-40-26(12-8-20-36(40)48-38)30-16-6-14-28-24-10-2-4-18-34(24)46(44)42(28)30/h1-22H. The lowest BCUT2D eigenvalue weighted by Crippen LogP contribution is -2.58. The third-order valence-electron chi connectivity index (χ3n) is 11.4. The van der Waals surface area contributed by atoms with Crippen LogP contribution in [0.5, 0.6) is 0 Å². The van der Waals surface area contributed by atoms with Gasteiger partial charge in [-0.3, -0.25) is 0 Å². The number of rotatable bonds is 0. The number of hydrogen-bond donors (Lipinski definition) is 0. The maximum atomic E-state index is 2.66. The highest BCUT2D eigenvalue weighted by Gasteiger charge is 2.44. The molecule has 0 saturated carbocycles. The molecule has 0 bridgehead atoms. The zero-order valence-electron chi connectivity index (χ0n) is 25.6. The number of nitrogens with zero attached hydrogens (tertiary/aromatic N) is 2. The first kappa shape index (κ1) is 25.0. The van der Waals surface area contributed by atoms with Gasteiger partial charge in [-0.1, -0.05) is 133 Å².